The van der Waals surface area contributed by atoms with Gasteiger partial charge < -0.3 is 20.8 Å². The van der Waals surface area contributed by atoms with Crippen molar-refractivity contribution in [2.75, 3.05) is 23.5 Å². The Kier molecular flexibility index (Phi) is 4.70. The normalized spacial score (nSPS) is 18.3. The van der Waals surface area contributed by atoms with Crippen LogP contribution in [0.25, 0.3) is 0 Å². The predicted octanol–water partition coefficient (Wildman–Crippen LogP) is -0.247. The van der Waals surface area contributed by atoms with Crippen LogP contribution < -0.4 is 21.9 Å². The van der Waals surface area contributed by atoms with Crippen LogP contribution >= 0.6 is 0 Å². The molecule has 20 heavy (non-hydrogen) atoms. The molecule has 5 N–H and O–H groups in total. The van der Waals surface area contributed by atoms with E-state index in [9.17, 15) is 4.79 Å². The summed E-state index contributed by atoms with van der Waals surface area (Å²) < 4.78 is 5.31. The van der Waals surface area contributed by atoms with Crippen LogP contribution in [0, 0.1) is 0 Å². The summed E-state index contributed by atoms with van der Waals surface area (Å²) in [5, 5.41) is 0. The second kappa shape index (κ2) is 6.49. The van der Waals surface area contributed by atoms with Gasteiger partial charge in [-0.15, -0.1) is 0 Å². The first kappa shape index (κ1) is 14.5. The molecule has 0 radical (unpaired) electrons. The number of nitrogen functional groups attached to an aromatic ring is 1. The molecule has 8 nitrogen and oxygen atoms in total. The molecule has 1 aromatic heterocycles. The Morgan fingerprint density at radius 1 is 1.60 bits per heavy atom. The molecule has 1 saturated heterocycles. The van der Waals surface area contributed by atoms with E-state index in [1.165, 1.54) is 0 Å². The average Bonchev–Trinajstić information content (AvgIpc) is 2.94. The lowest BCUT2D eigenvalue weighted by atomic mass is 10.2. The highest BCUT2D eigenvalue weighted by atomic mass is 16.5. The zero-order valence-corrected chi connectivity index (χ0v) is 11.5. The summed E-state index contributed by atoms with van der Waals surface area (Å²) in [7, 11) is 0. The Bertz CT molecular complexity index is 481. The monoisotopic (exact) mass is 280 g/mol. The fourth-order valence-electron chi connectivity index (χ4n) is 2.30. The minimum absolute atomic E-state index is 0.300. The van der Waals surface area contributed by atoms with E-state index in [0.29, 0.717) is 30.7 Å². The second-order valence-electron chi connectivity index (χ2n) is 4.56. The number of nitrogens with one attached hydrogen (secondary N) is 1. The molecule has 1 unspecified atom stereocenters. The van der Waals surface area contributed by atoms with Crippen molar-refractivity contribution in [3.05, 3.63) is 11.9 Å². The van der Waals surface area contributed by atoms with Gasteiger partial charge in [-0.25, -0.2) is 15.8 Å². The second-order valence-corrected chi connectivity index (χ2v) is 4.56. The van der Waals surface area contributed by atoms with E-state index in [4.69, 9.17) is 16.3 Å². The van der Waals surface area contributed by atoms with Crippen molar-refractivity contribution in [1.29, 1.82) is 0 Å². The van der Waals surface area contributed by atoms with Crippen LogP contribution in [0.5, 0.6) is 0 Å². The lowest BCUT2D eigenvalue weighted by Crippen LogP contribution is -2.41. The zero-order valence-electron chi connectivity index (χ0n) is 11.5. The molecule has 1 aromatic rings. The molecule has 2 heterocycles. The zero-order chi connectivity index (χ0) is 14.5. The molecule has 1 aliphatic rings. The van der Waals surface area contributed by atoms with Gasteiger partial charge in [0.1, 0.15) is 24.3 Å². The number of hydrogen-bond donors (Lipinski definition) is 3. The third-order valence-corrected chi connectivity index (χ3v) is 3.22. The number of primary amides is 1. The number of nitrogens with zero attached hydrogens (tertiary/aromatic N) is 3. The van der Waals surface area contributed by atoms with Crippen molar-refractivity contribution in [2.45, 2.75) is 32.4 Å². The molecule has 0 bridgehead atoms. The molecular weight excluding hydrogens is 260 g/mol. The summed E-state index contributed by atoms with van der Waals surface area (Å²) in [4.78, 5) is 22.0. The number of amides is 1. The summed E-state index contributed by atoms with van der Waals surface area (Å²) in [6.07, 6.45) is 1.65. The first-order valence-electron chi connectivity index (χ1n) is 6.64. The fraction of sp³-hybridized carbons (Fsp3) is 0.583. The largest absolute Gasteiger partial charge is 0.374 e. The van der Waals surface area contributed by atoms with Crippen LogP contribution in [-0.4, -0.2) is 35.1 Å². The number of aromatic nitrogens is 2. The maximum absolute atomic E-state index is 11.5. The topological polar surface area (TPSA) is 119 Å². The first-order chi connectivity index (χ1) is 9.65. The van der Waals surface area contributed by atoms with Crippen LogP contribution in [0.4, 0.5) is 11.6 Å². The third kappa shape index (κ3) is 3.14. The van der Waals surface area contributed by atoms with Crippen LogP contribution in [0.3, 0.4) is 0 Å². The van der Waals surface area contributed by atoms with Gasteiger partial charge in [0, 0.05) is 19.2 Å². The minimum atomic E-state index is -0.338. The Hall–Kier alpha value is -1.93. The molecule has 1 aliphatic heterocycles. The Morgan fingerprint density at radius 3 is 3.05 bits per heavy atom. The molecule has 8 heteroatoms. The van der Waals surface area contributed by atoms with E-state index in [-0.39, 0.29) is 11.9 Å². The minimum Gasteiger partial charge on any atom is -0.374 e. The van der Waals surface area contributed by atoms with Crippen LogP contribution in [0.2, 0.25) is 0 Å². The standard InChI is InChI=1S/C12H20N6O2/c1-2-20-7-10-15-9(17-14)6-11(16-10)18-5-3-4-8(18)12(13)19/h6,8H,2-5,7,14H2,1H3,(H2,13,19)(H,15,16,17). The summed E-state index contributed by atoms with van der Waals surface area (Å²) in [5.41, 5.74) is 7.93. The van der Waals surface area contributed by atoms with Gasteiger partial charge in [0.25, 0.3) is 0 Å². The van der Waals surface area contributed by atoms with Gasteiger partial charge in [-0.1, -0.05) is 0 Å². The molecule has 1 atom stereocenters. The van der Waals surface area contributed by atoms with E-state index in [1.807, 2.05) is 11.8 Å². The Labute approximate surface area is 117 Å². The van der Waals surface area contributed by atoms with E-state index in [2.05, 4.69) is 15.4 Å². The molecule has 1 fully saturated rings. The summed E-state index contributed by atoms with van der Waals surface area (Å²) >= 11 is 0. The van der Waals surface area contributed by atoms with Crippen molar-refractivity contribution in [1.82, 2.24) is 9.97 Å². The Morgan fingerprint density at radius 2 is 2.40 bits per heavy atom. The molecule has 1 amide bonds. The molecule has 110 valence electrons. The number of rotatable bonds is 6. The van der Waals surface area contributed by atoms with Crippen LogP contribution in [-0.2, 0) is 16.1 Å². The molecule has 0 spiro atoms. The Balaban J connectivity index is 2.27. The van der Waals surface area contributed by atoms with Crippen molar-refractivity contribution in [2.24, 2.45) is 11.6 Å². The van der Waals surface area contributed by atoms with Crippen molar-refractivity contribution >= 4 is 17.5 Å². The molecular formula is C12H20N6O2. The summed E-state index contributed by atoms with van der Waals surface area (Å²) in [5.74, 6) is 6.73. The fourth-order valence-corrected chi connectivity index (χ4v) is 2.30. The first-order valence-corrected chi connectivity index (χ1v) is 6.64. The number of carbonyl (C=O) groups excluding carboxylic acids is 1. The van der Waals surface area contributed by atoms with E-state index in [0.717, 1.165) is 19.4 Å². The van der Waals surface area contributed by atoms with Crippen molar-refractivity contribution in [3.8, 4) is 0 Å². The number of hydrogen-bond acceptors (Lipinski definition) is 7. The maximum atomic E-state index is 11.5. The van der Waals surface area contributed by atoms with Gasteiger partial charge in [0.05, 0.1) is 0 Å². The van der Waals surface area contributed by atoms with Gasteiger partial charge in [-0.2, -0.15) is 0 Å². The van der Waals surface area contributed by atoms with Gasteiger partial charge in [0.15, 0.2) is 5.82 Å². The lowest BCUT2D eigenvalue weighted by Gasteiger charge is -2.24. The van der Waals surface area contributed by atoms with Gasteiger partial charge in [-0.3, -0.25) is 4.79 Å². The third-order valence-electron chi connectivity index (χ3n) is 3.22. The quantitative estimate of drug-likeness (QED) is 0.485. The van der Waals surface area contributed by atoms with Crippen LogP contribution in [0.15, 0.2) is 6.07 Å². The number of carbonyl (C=O) groups is 1. The van der Waals surface area contributed by atoms with E-state index >= 15 is 0 Å². The summed E-state index contributed by atoms with van der Waals surface area (Å²) in [6, 6.07) is 1.38. The highest BCUT2D eigenvalue weighted by molar-refractivity contribution is 5.84. The molecule has 2 rings (SSSR count). The number of nitrogens with two attached hydrogens (primary N) is 2. The molecule has 0 aliphatic carbocycles. The highest BCUT2D eigenvalue weighted by Crippen LogP contribution is 2.25. The summed E-state index contributed by atoms with van der Waals surface area (Å²) in [6.45, 7) is 3.51. The number of anilines is 2. The van der Waals surface area contributed by atoms with Gasteiger partial charge in [-0.05, 0) is 19.8 Å². The SMILES string of the molecule is CCOCc1nc(NN)cc(N2CCCC2C(N)=O)n1. The number of ether oxygens (including phenoxy) is 1. The van der Waals surface area contributed by atoms with Crippen molar-refractivity contribution < 1.29 is 9.53 Å². The van der Waals surface area contributed by atoms with E-state index < -0.39 is 0 Å². The molecule has 0 aromatic carbocycles. The van der Waals surface area contributed by atoms with Crippen LogP contribution in [0.1, 0.15) is 25.6 Å². The molecule has 0 saturated carbocycles. The predicted molar refractivity (Wildman–Crippen MR) is 74.7 cm³/mol. The van der Waals surface area contributed by atoms with Crippen molar-refractivity contribution in [3.63, 3.8) is 0 Å². The lowest BCUT2D eigenvalue weighted by molar-refractivity contribution is -0.119. The average molecular weight is 280 g/mol. The smallest absolute Gasteiger partial charge is 0.240 e. The van der Waals surface area contributed by atoms with Gasteiger partial charge in [0.2, 0.25) is 5.91 Å². The van der Waals surface area contributed by atoms with Gasteiger partial charge >= 0.3 is 0 Å². The highest BCUT2D eigenvalue weighted by Gasteiger charge is 2.30. The van der Waals surface area contributed by atoms with E-state index in [1.54, 1.807) is 6.07 Å². The number of hydrazine groups is 1. The maximum Gasteiger partial charge on any atom is 0.240 e.